The zero-order valence-electron chi connectivity index (χ0n) is 10.6. The monoisotopic (exact) mass is 315 g/mol. The van der Waals surface area contributed by atoms with Gasteiger partial charge in [0.15, 0.2) is 0 Å². The van der Waals surface area contributed by atoms with Crippen molar-refractivity contribution in [3.05, 3.63) is 34.1 Å². The topological polar surface area (TPSA) is 23.5 Å². The smallest absolute Gasteiger partial charge is 0.124 e. The lowest BCUT2D eigenvalue weighted by molar-refractivity contribution is 0.0288. The molecule has 1 saturated carbocycles. The standard InChI is InChI=1S/C14H19BrFNO/c1-17(13-4-2-3-5-14(13)18)9-10-6-11(15)8-12(16)7-10/h6-8,13-14,18H,2-5,9H2,1H3. The second-order valence-corrected chi connectivity index (χ2v) is 6.03. The third-order valence-electron chi connectivity index (χ3n) is 3.61. The normalized spacial score (nSPS) is 24.5. The molecule has 2 atom stereocenters. The maximum absolute atomic E-state index is 13.3. The minimum Gasteiger partial charge on any atom is -0.391 e. The van der Waals surface area contributed by atoms with Crippen LogP contribution in [-0.2, 0) is 6.54 Å². The van der Waals surface area contributed by atoms with Crippen molar-refractivity contribution >= 4 is 15.9 Å². The molecule has 18 heavy (non-hydrogen) atoms. The lowest BCUT2D eigenvalue weighted by Crippen LogP contribution is -2.42. The first-order chi connectivity index (χ1) is 8.56. The van der Waals surface area contributed by atoms with Crippen molar-refractivity contribution in [1.82, 2.24) is 4.90 Å². The number of hydrogen-bond donors (Lipinski definition) is 1. The zero-order chi connectivity index (χ0) is 13.1. The molecule has 0 saturated heterocycles. The van der Waals surface area contributed by atoms with Crippen molar-refractivity contribution < 1.29 is 9.50 Å². The van der Waals surface area contributed by atoms with Crippen molar-refractivity contribution in [3.8, 4) is 0 Å². The summed E-state index contributed by atoms with van der Waals surface area (Å²) in [6.45, 7) is 0.665. The summed E-state index contributed by atoms with van der Waals surface area (Å²) in [5.74, 6) is -0.225. The van der Waals surface area contributed by atoms with E-state index in [2.05, 4.69) is 20.8 Å². The molecular weight excluding hydrogens is 297 g/mol. The van der Waals surface area contributed by atoms with Crippen LogP contribution in [-0.4, -0.2) is 29.2 Å². The largest absolute Gasteiger partial charge is 0.391 e. The van der Waals surface area contributed by atoms with E-state index in [0.717, 1.165) is 29.3 Å². The molecule has 100 valence electrons. The molecule has 0 radical (unpaired) electrons. The molecule has 4 heteroatoms. The Labute approximate surface area is 116 Å². The molecule has 1 aliphatic rings. The fourth-order valence-corrected chi connectivity index (χ4v) is 3.23. The molecule has 0 aliphatic heterocycles. The van der Waals surface area contributed by atoms with Crippen LogP contribution in [0.4, 0.5) is 4.39 Å². The Hall–Kier alpha value is -0.450. The van der Waals surface area contributed by atoms with E-state index in [1.807, 2.05) is 13.1 Å². The van der Waals surface area contributed by atoms with Crippen molar-refractivity contribution in [1.29, 1.82) is 0 Å². The van der Waals surface area contributed by atoms with Gasteiger partial charge in [-0.3, -0.25) is 4.90 Å². The molecule has 1 fully saturated rings. The molecule has 0 heterocycles. The molecule has 0 spiro atoms. The number of rotatable bonds is 3. The van der Waals surface area contributed by atoms with Crippen LogP contribution in [0.2, 0.25) is 0 Å². The first kappa shape index (κ1) is 14.0. The quantitative estimate of drug-likeness (QED) is 0.925. The van der Waals surface area contributed by atoms with Crippen molar-refractivity contribution in [3.63, 3.8) is 0 Å². The summed E-state index contributed by atoms with van der Waals surface area (Å²) in [7, 11) is 2.00. The van der Waals surface area contributed by atoms with Crippen LogP contribution < -0.4 is 0 Å². The Balaban J connectivity index is 2.03. The molecule has 0 amide bonds. The molecule has 2 nitrogen and oxygen atoms in total. The van der Waals surface area contributed by atoms with Gasteiger partial charge in [-0.2, -0.15) is 0 Å². The predicted molar refractivity (Wildman–Crippen MR) is 73.8 cm³/mol. The van der Waals surface area contributed by atoms with E-state index in [1.165, 1.54) is 12.5 Å². The summed E-state index contributed by atoms with van der Waals surface area (Å²) in [6, 6.07) is 5.13. The van der Waals surface area contributed by atoms with Crippen molar-refractivity contribution in [2.24, 2.45) is 0 Å². The fourth-order valence-electron chi connectivity index (χ4n) is 2.71. The average molecular weight is 316 g/mol. The van der Waals surface area contributed by atoms with Gasteiger partial charge in [-0.1, -0.05) is 28.8 Å². The maximum atomic E-state index is 13.3. The summed E-state index contributed by atoms with van der Waals surface area (Å²) >= 11 is 3.30. The highest BCUT2D eigenvalue weighted by atomic mass is 79.9. The number of likely N-dealkylation sites (N-methyl/N-ethyl adjacent to an activating group) is 1. The molecule has 0 bridgehead atoms. The Morgan fingerprint density at radius 1 is 1.33 bits per heavy atom. The molecule has 1 N–H and O–H groups in total. The summed E-state index contributed by atoms with van der Waals surface area (Å²) < 4.78 is 14.1. The number of hydrogen-bond acceptors (Lipinski definition) is 2. The summed E-state index contributed by atoms with van der Waals surface area (Å²) in [5, 5.41) is 10.0. The van der Waals surface area contributed by atoms with Crippen LogP contribution in [0.25, 0.3) is 0 Å². The van der Waals surface area contributed by atoms with E-state index in [-0.39, 0.29) is 18.0 Å². The van der Waals surface area contributed by atoms with E-state index < -0.39 is 0 Å². The highest BCUT2D eigenvalue weighted by Crippen LogP contribution is 2.24. The molecular formula is C14H19BrFNO. The van der Waals surface area contributed by atoms with Gasteiger partial charge in [0.25, 0.3) is 0 Å². The van der Waals surface area contributed by atoms with Crippen LogP contribution in [0.5, 0.6) is 0 Å². The Morgan fingerprint density at radius 3 is 2.72 bits per heavy atom. The lowest BCUT2D eigenvalue weighted by Gasteiger charge is -2.35. The van der Waals surface area contributed by atoms with Crippen LogP contribution in [0.3, 0.4) is 0 Å². The minimum absolute atomic E-state index is 0.195. The van der Waals surface area contributed by atoms with E-state index in [0.29, 0.717) is 6.54 Å². The molecule has 2 rings (SSSR count). The third-order valence-corrected chi connectivity index (χ3v) is 4.07. The van der Waals surface area contributed by atoms with Crippen molar-refractivity contribution in [2.45, 2.75) is 44.4 Å². The van der Waals surface area contributed by atoms with Gasteiger partial charge in [-0.05, 0) is 43.7 Å². The van der Waals surface area contributed by atoms with Crippen molar-refractivity contribution in [2.75, 3.05) is 7.05 Å². The van der Waals surface area contributed by atoms with Crippen LogP contribution in [0, 0.1) is 5.82 Å². The van der Waals surface area contributed by atoms with Crippen LogP contribution in [0.1, 0.15) is 31.2 Å². The number of benzene rings is 1. The van der Waals surface area contributed by atoms with E-state index in [1.54, 1.807) is 6.07 Å². The SMILES string of the molecule is CN(Cc1cc(F)cc(Br)c1)C1CCCCC1O. The number of aliphatic hydroxyl groups is 1. The zero-order valence-corrected chi connectivity index (χ0v) is 12.2. The highest BCUT2D eigenvalue weighted by molar-refractivity contribution is 9.10. The summed E-state index contributed by atoms with van der Waals surface area (Å²) in [6.07, 6.45) is 3.92. The Morgan fingerprint density at radius 2 is 2.06 bits per heavy atom. The second-order valence-electron chi connectivity index (χ2n) is 5.11. The number of aliphatic hydroxyl groups excluding tert-OH is 1. The molecule has 1 aromatic rings. The third kappa shape index (κ3) is 3.53. The van der Waals surface area contributed by atoms with Gasteiger partial charge in [0.05, 0.1) is 6.10 Å². The molecule has 2 unspecified atom stereocenters. The Bertz CT molecular complexity index is 393. The molecule has 1 aliphatic carbocycles. The van der Waals surface area contributed by atoms with Gasteiger partial charge in [-0.25, -0.2) is 4.39 Å². The van der Waals surface area contributed by atoms with Gasteiger partial charge >= 0.3 is 0 Å². The first-order valence-corrected chi connectivity index (χ1v) is 7.19. The van der Waals surface area contributed by atoms with E-state index in [9.17, 15) is 9.50 Å². The first-order valence-electron chi connectivity index (χ1n) is 6.39. The van der Waals surface area contributed by atoms with E-state index >= 15 is 0 Å². The van der Waals surface area contributed by atoms with Gasteiger partial charge in [-0.15, -0.1) is 0 Å². The maximum Gasteiger partial charge on any atom is 0.124 e. The van der Waals surface area contributed by atoms with E-state index in [4.69, 9.17) is 0 Å². The summed E-state index contributed by atoms with van der Waals surface area (Å²) in [4.78, 5) is 2.13. The highest BCUT2D eigenvalue weighted by Gasteiger charge is 2.26. The summed E-state index contributed by atoms with van der Waals surface area (Å²) in [5.41, 5.74) is 0.933. The number of nitrogens with zero attached hydrogens (tertiary/aromatic N) is 1. The van der Waals surface area contributed by atoms with Crippen LogP contribution in [0.15, 0.2) is 22.7 Å². The number of halogens is 2. The lowest BCUT2D eigenvalue weighted by atomic mass is 9.91. The fraction of sp³-hybridized carbons (Fsp3) is 0.571. The predicted octanol–water partition coefficient (Wildman–Crippen LogP) is 3.32. The van der Waals surface area contributed by atoms with Gasteiger partial charge < -0.3 is 5.11 Å². The Kier molecular flexibility index (Phi) is 4.76. The van der Waals surface area contributed by atoms with Gasteiger partial charge in [0, 0.05) is 17.1 Å². The molecule has 1 aromatic carbocycles. The minimum atomic E-state index is -0.249. The van der Waals surface area contributed by atoms with Gasteiger partial charge in [0.2, 0.25) is 0 Å². The van der Waals surface area contributed by atoms with Crippen LogP contribution >= 0.6 is 15.9 Å². The molecule has 0 aromatic heterocycles. The average Bonchev–Trinajstić information content (AvgIpc) is 2.27. The second kappa shape index (κ2) is 6.13. The van der Waals surface area contributed by atoms with Gasteiger partial charge in [0.1, 0.15) is 5.82 Å².